The summed E-state index contributed by atoms with van der Waals surface area (Å²) >= 11 is 5.81. The van der Waals surface area contributed by atoms with Gasteiger partial charge in [0.25, 0.3) is 5.91 Å². The Labute approximate surface area is 162 Å². The Morgan fingerprint density at radius 2 is 1.79 bits per heavy atom. The van der Waals surface area contributed by atoms with Crippen LogP contribution in [0.25, 0.3) is 0 Å². The maximum Gasteiger partial charge on any atom is 0.325 e. The van der Waals surface area contributed by atoms with E-state index in [4.69, 9.17) is 11.6 Å². The van der Waals surface area contributed by atoms with Crippen molar-refractivity contribution in [3.8, 4) is 0 Å². The molecule has 0 bridgehead atoms. The SMILES string of the molecule is CC1(c2cc(F)ccc2F)NC(=O)N(CC(=O)Nc2ccc(F)cc2Cl)C1=O. The highest BCUT2D eigenvalue weighted by atomic mass is 35.5. The molecule has 1 aliphatic rings. The van der Waals surface area contributed by atoms with Gasteiger partial charge in [-0.2, -0.15) is 0 Å². The molecule has 1 atom stereocenters. The van der Waals surface area contributed by atoms with E-state index in [-0.39, 0.29) is 16.3 Å². The lowest BCUT2D eigenvalue weighted by Crippen LogP contribution is -2.42. The highest BCUT2D eigenvalue weighted by molar-refractivity contribution is 6.33. The zero-order chi connectivity index (χ0) is 20.6. The molecule has 1 aliphatic heterocycles. The van der Waals surface area contributed by atoms with E-state index < -0.39 is 47.4 Å². The predicted octanol–water partition coefficient (Wildman–Crippen LogP) is 3.16. The Kier molecular flexibility index (Phi) is 5.03. The van der Waals surface area contributed by atoms with Gasteiger partial charge in [0.2, 0.25) is 5.91 Å². The van der Waals surface area contributed by atoms with Gasteiger partial charge >= 0.3 is 6.03 Å². The smallest absolute Gasteiger partial charge is 0.323 e. The molecule has 0 radical (unpaired) electrons. The van der Waals surface area contributed by atoms with Crippen LogP contribution in [0, 0.1) is 17.5 Å². The lowest BCUT2D eigenvalue weighted by Gasteiger charge is -2.22. The fraction of sp³-hybridized carbons (Fsp3) is 0.167. The highest BCUT2D eigenvalue weighted by Gasteiger charge is 2.50. The number of carbonyl (C=O) groups is 3. The molecule has 0 spiro atoms. The van der Waals surface area contributed by atoms with E-state index >= 15 is 0 Å². The van der Waals surface area contributed by atoms with Gasteiger partial charge in [-0.25, -0.2) is 18.0 Å². The molecule has 6 nitrogen and oxygen atoms in total. The first-order chi connectivity index (χ1) is 13.1. The van der Waals surface area contributed by atoms with Crippen molar-refractivity contribution in [2.75, 3.05) is 11.9 Å². The van der Waals surface area contributed by atoms with E-state index in [0.717, 1.165) is 30.3 Å². The highest BCUT2D eigenvalue weighted by Crippen LogP contribution is 2.31. The van der Waals surface area contributed by atoms with Gasteiger partial charge in [-0.3, -0.25) is 14.5 Å². The molecule has 146 valence electrons. The number of anilines is 1. The van der Waals surface area contributed by atoms with E-state index in [1.54, 1.807) is 0 Å². The molecule has 2 aromatic rings. The van der Waals surface area contributed by atoms with Crippen molar-refractivity contribution in [2.45, 2.75) is 12.5 Å². The number of carbonyl (C=O) groups excluding carboxylic acids is 3. The lowest BCUT2D eigenvalue weighted by atomic mass is 9.91. The van der Waals surface area contributed by atoms with Gasteiger partial charge in [0.15, 0.2) is 0 Å². The normalized spacial score (nSPS) is 19.0. The number of halogens is 4. The summed E-state index contributed by atoms with van der Waals surface area (Å²) in [5.74, 6) is -4.00. The van der Waals surface area contributed by atoms with Gasteiger partial charge in [0.1, 0.15) is 29.5 Å². The number of nitrogens with one attached hydrogen (secondary N) is 2. The lowest BCUT2D eigenvalue weighted by molar-refractivity contribution is -0.133. The summed E-state index contributed by atoms with van der Waals surface area (Å²) in [5, 5.41) is 4.55. The van der Waals surface area contributed by atoms with Crippen LogP contribution in [0.3, 0.4) is 0 Å². The molecule has 0 aromatic heterocycles. The van der Waals surface area contributed by atoms with Crippen molar-refractivity contribution in [1.82, 2.24) is 10.2 Å². The third-order valence-electron chi connectivity index (χ3n) is 4.25. The molecule has 2 N–H and O–H groups in total. The number of amides is 4. The number of imide groups is 1. The van der Waals surface area contributed by atoms with Crippen LogP contribution in [0.15, 0.2) is 36.4 Å². The molecule has 28 heavy (non-hydrogen) atoms. The van der Waals surface area contributed by atoms with Crippen molar-refractivity contribution in [2.24, 2.45) is 0 Å². The first kappa shape index (κ1) is 19.7. The second kappa shape index (κ2) is 7.16. The number of benzene rings is 2. The fourth-order valence-electron chi connectivity index (χ4n) is 2.83. The molecule has 3 rings (SSSR count). The first-order valence-corrected chi connectivity index (χ1v) is 8.34. The van der Waals surface area contributed by atoms with Crippen LogP contribution in [-0.4, -0.2) is 29.3 Å². The Balaban J connectivity index is 1.80. The van der Waals surface area contributed by atoms with Crippen LogP contribution in [-0.2, 0) is 15.1 Å². The Hall–Kier alpha value is -3.07. The Bertz CT molecular complexity index is 1000. The summed E-state index contributed by atoms with van der Waals surface area (Å²) in [5.41, 5.74) is -2.16. The van der Waals surface area contributed by atoms with E-state index in [2.05, 4.69) is 10.6 Å². The second-order valence-corrected chi connectivity index (χ2v) is 6.65. The minimum absolute atomic E-state index is 0.0720. The summed E-state index contributed by atoms with van der Waals surface area (Å²) in [6, 6.07) is 4.83. The number of urea groups is 1. The minimum Gasteiger partial charge on any atom is -0.323 e. The topological polar surface area (TPSA) is 78.5 Å². The third kappa shape index (κ3) is 3.53. The molecule has 1 fully saturated rings. The molecule has 1 unspecified atom stereocenters. The van der Waals surface area contributed by atoms with Crippen LogP contribution in [0.4, 0.5) is 23.7 Å². The number of hydrogen-bond acceptors (Lipinski definition) is 3. The number of rotatable bonds is 4. The zero-order valence-corrected chi connectivity index (χ0v) is 15.1. The van der Waals surface area contributed by atoms with Gasteiger partial charge in [-0.15, -0.1) is 0 Å². The quantitative estimate of drug-likeness (QED) is 0.759. The number of hydrogen-bond donors (Lipinski definition) is 2. The summed E-state index contributed by atoms with van der Waals surface area (Å²) in [7, 11) is 0. The van der Waals surface area contributed by atoms with E-state index in [9.17, 15) is 27.6 Å². The second-order valence-electron chi connectivity index (χ2n) is 6.24. The van der Waals surface area contributed by atoms with Gasteiger partial charge in [-0.05, 0) is 43.3 Å². The van der Waals surface area contributed by atoms with E-state index in [1.165, 1.54) is 13.0 Å². The number of nitrogens with zero attached hydrogens (tertiary/aromatic N) is 1. The standard InChI is InChI=1S/C18H13ClF3N3O3/c1-18(11-6-9(20)2-4-13(11)22)16(27)25(17(28)24-18)8-15(26)23-14-5-3-10(21)7-12(14)19/h2-7H,8H2,1H3,(H,23,26)(H,24,28). The largest absolute Gasteiger partial charge is 0.325 e. The zero-order valence-electron chi connectivity index (χ0n) is 14.4. The van der Waals surface area contributed by atoms with Crippen LogP contribution in [0.1, 0.15) is 12.5 Å². The van der Waals surface area contributed by atoms with Crippen LogP contribution < -0.4 is 10.6 Å². The predicted molar refractivity (Wildman–Crippen MR) is 94.0 cm³/mol. The van der Waals surface area contributed by atoms with Gasteiger partial charge in [0.05, 0.1) is 10.7 Å². The first-order valence-electron chi connectivity index (χ1n) is 7.96. The molecular formula is C18H13ClF3N3O3. The summed E-state index contributed by atoms with van der Waals surface area (Å²) in [6.07, 6.45) is 0. The van der Waals surface area contributed by atoms with E-state index in [0.29, 0.717) is 4.90 Å². The summed E-state index contributed by atoms with van der Waals surface area (Å²) < 4.78 is 40.7. The van der Waals surface area contributed by atoms with Crippen molar-refractivity contribution < 1.29 is 27.6 Å². The average molecular weight is 412 g/mol. The molecular weight excluding hydrogens is 399 g/mol. The molecule has 2 aromatic carbocycles. The monoisotopic (exact) mass is 411 g/mol. The van der Waals surface area contributed by atoms with Crippen molar-refractivity contribution in [1.29, 1.82) is 0 Å². The molecule has 4 amide bonds. The molecule has 0 aliphatic carbocycles. The maximum absolute atomic E-state index is 14.1. The van der Waals surface area contributed by atoms with Gasteiger partial charge < -0.3 is 10.6 Å². The van der Waals surface area contributed by atoms with Crippen molar-refractivity contribution in [3.05, 3.63) is 64.4 Å². The molecule has 1 heterocycles. The minimum atomic E-state index is -1.88. The maximum atomic E-state index is 14.1. The Morgan fingerprint density at radius 1 is 1.14 bits per heavy atom. The van der Waals surface area contributed by atoms with Crippen molar-refractivity contribution in [3.63, 3.8) is 0 Å². The summed E-state index contributed by atoms with van der Waals surface area (Å²) in [6.45, 7) is 0.505. The van der Waals surface area contributed by atoms with Gasteiger partial charge in [-0.1, -0.05) is 11.6 Å². The molecule has 10 heteroatoms. The molecule has 1 saturated heterocycles. The van der Waals surface area contributed by atoms with Crippen molar-refractivity contribution >= 4 is 35.1 Å². The van der Waals surface area contributed by atoms with E-state index in [1.807, 2.05) is 0 Å². The third-order valence-corrected chi connectivity index (χ3v) is 4.56. The summed E-state index contributed by atoms with van der Waals surface area (Å²) in [4.78, 5) is 37.7. The average Bonchev–Trinajstić information content (AvgIpc) is 2.83. The van der Waals surface area contributed by atoms with Crippen LogP contribution in [0.5, 0.6) is 0 Å². The van der Waals surface area contributed by atoms with Crippen LogP contribution >= 0.6 is 11.6 Å². The van der Waals surface area contributed by atoms with Crippen LogP contribution in [0.2, 0.25) is 5.02 Å². The molecule has 0 saturated carbocycles. The fourth-order valence-corrected chi connectivity index (χ4v) is 3.04. The van der Waals surface area contributed by atoms with Gasteiger partial charge in [0, 0.05) is 5.56 Å². The Morgan fingerprint density at radius 3 is 2.46 bits per heavy atom.